The molecule has 0 aliphatic heterocycles. The molecule has 4 nitrogen and oxygen atoms in total. The number of ether oxygens (including phenoxy) is 1. The quantitative estimate of drug-likeness (QED) is 0.439. The van der Waals surface area contributed by atoms with Gasteiger partial charge in [0.15, 0.2) is 0 Å². The number of hydrogen-bond donors (Lipinski definition) is 1. The number of carbonyl (C=O) groups excluding carboxylic acids is 1. The lowest BCUT2D eigenvalue weighted by Crippen LogP contribution is -2.23. The third kappa shape index (κ3) is 5.34. The van der Waals surface area contributed by atoms with Crippen molar-refractivity contribution in [3.05, 3.63) is 88.5 Å². The summed E-state index contributed by atoms with van der Waals surface area (Å²) in [6.07, 6.45) is -4.57. The van der Waals surface area contributed by atoms with Crippen molar-refractivity contribution < 1.29 is 31.5 Å². The van der Waals surface area contributed by atoms with E-state index in [-0.39, 0.29) is 34.5 Å². The molecule has 0 spiro atoms. The monoisotopic (exact) mass is 474 g/mol. The highest BCUT2D eigenvalue weighted by Crippen LogP contribution is 2.37. The van der Waals surface area contributed by atoms with Crippen molar-refractivity contribution >= 4 is 5.91 Å². The zero-order chi connectivity index (χ0) is 25.0. The summed E-state index contributed by atoms with van der Waals surface area (Å²) < 4.78 is 72.4. The van der Waals surface area contributed by atoms with Crippen molar-refractivity contribution in [3.8, 4) is 22.9 Å². The Labute approximate surface area is 192 Å². The fourth-order valence-electron chi connectivity index (χ4n) is 3.35. The van der Waals surface area contributed by atoms with Gasteiger partial charge in [-0.25, -0.2) is 8.78 Å². The second-order valence-corrected chi connectivity index (χ2v) is 7.52. The maximum Gasteiger partial charge on any atom is 0.395 e. The molecular weight excluding hydrogens is 455 g/mol. The summed E-state index contributed by atoms with van der Waals surface area (Å²) in [5.41, 5.74) is 0.356. The number of nitrogens with zero attached hydrogens (tertiary/aromatic N) is 1. The molecule has 34 heavy (non-hydrogen) atoms. The van der Waals surface area contributed by atoms with Crippen molar-refractivity contribution in [2.45, 2.75) is 25.6 Å². The summed E-state index contributed by atoms with van der Waals surface area (Å²) in [5.74, 6) is -3.91. The molecule has 9 heteroatoms. The first kappa shape index (κ1) is 24.7. The van der Waals surface area contributed by atoms with Crippen molar-refractivity contribution in [1.82, 2.24) is 5.32 Å². The number of nitriles is 1. The van der Waals surface area contributed by atoms with Crippen LogP contribution in [-0.4, -0.2) is 19.2 Å². The van der Waals surface area contributed by atoms with Gasteiger partial charge in [0.25, 0.3) is 5.91 Å². The zero-order valence-corrected chi connectivity index (χ0v) is 18.1. The number of hydrogen-bond acceptors (Lipinski definition) is 3. The molecule has 0 bridgehead atoms. The Morgan fingerprint density at radius 3 is 2.35 bits per heavy atom. The number of rotatable bonds is 6. The third-order valence-electron chi connectivity index (χ3n) is 5.34. The van der Waals surface area contributed by atoms with Gasteiger partial charge in [-0.05, 0) is 53.9 Å². The van der Waals surface area contributed by atoms with Crippen molar-refractivity contribution in [2.75, 3.05) is 7.11 Å². The second-order valence-electron chi connectivity index (χ2n) is 7.52. The molecule has 1 unspecified atom stereocenters. The highest BCUT2D eigenvalue weighted by Gasteiger charge is 2.37. The van der Waals surface area contributed by atoms with Gasteiger partial charge in [0.2, 0.25) is 0 Å². The van der Waals surface area contributed by atoms with Crippen LogP contribution in [-0.2, 0) is 6.54 Å². The highest BCUT2D eigenvalue weighted by molar-refractivity contribution is 5.96. The van der Waals surface area contributed by atoms with Gasteiger partial charge in [0.05, 0.1) is 24.2 Å². The molecule has 0 saturated heterocycles. The molecule has 1 amide bonds. The summed E-state index contributed by atoms with van der Waals surface area (Å²) >= 11 is 0. The minimum Gasteiger partial charge on any atom is -0.496 e. The minimum absolute atomic E-state index is 0.0175. The van der Waals surface area contributed by atoms with E-state index in [2.05, 4.69) is 5.32 Å². The van der Waals surface area contributed by atoms with Gasteiger partial charge < -0.3 is 10.1 Å². The largest absolute Gasteiger partial charge is 0.496 e. The van der Waals surface area contributed by atoms with Gasteiger partial charge >= 0.3 is 6.18 Å². The van der Waals surface area contributed by atoms with E-state index in [1.54, 1.807) is 18.2 Å². The predicted octanol–water partition coefficient (Wildman–Crippen LogP) is 6.11. The number of nitrogens with one attached hydrogen (secondary N) is 1. The van der Waals surface area contributed by atoms with Gasteiger partial charge in [-0.3, -0.25) is 4.79 Å². The Balaban J connectivity index is 1.83. The van der Waals surface area contributed by atoms with Crippen molar-refractivity contribution in [1.29, 1.82) is 5.26 Å². The van der Waals surface area contributed by atoms with E-state index in [0.717, 1.165) is 31.2 Å². The van der Waals surface area contributed by atoms with E-state index in [1.807, 2.05) is 0 Å². The highest BCUT2D eigenvalue weighted by atomic mass is 19.4. The number of carbonyl (C=O) groups is 1. The number of halogens is 5. The van der Waals surface area contributed by atoms with Crippen LogP contribution in [0.5, 0.6) is 5.75 Å². The zero-order valence-electron chi connectivity index (χ0n) is 18.1. The third-order valence-corrected chi connectivity index (χ3v) is 5.34. The van der Waals surface area contributed by atoms with E-state index >= 15 is 0 Å². The minimum atomic E-state index is -4.57. The van der Waals surface area contributed by atoms with Crippen LogP contribution in [0.15, 0.2) is 54.6 Å². The van der Waals surface area contributed by atoms with Crippen LogP contribution in [0.25, 0.3) is 11.1 Å². The molecule has 3 aromatic carbocycles. The molecule has 0 fully saturated rings. The number of benzene rings is 3. The average Bonchev–Trinajstić information content (AvgIpc) is 2.81. The lowest BCUT2D eigenvalue weighted by Gasteiger charge is -2.18. The normalized spacial score (nSPS) is 12.1. The molecule has 3 rings (SSSR count). The van der Waals surface area contributed by atoms with Crippen LogP contribution in [0.1, 0.15) is 39.9 Å². The van der Waals surface area contributed by atoms with Gasteiger partial charge in [-0.1, -0.05) is 24.3 Å². The van der Waals surface area contributed by atoms with Crippen molar-refractivity contribution in [2.24, 2.45) is 0 Å². The second kappa shape index (κ2) is 9.91. The number of methoxy groups -OCH3 is 1. The molecule has 3 aromatic rings. The number of amides is 1. The fraction of sp³-hybridized carbons (Fsp3) is 0.200. The molecular formula is C25H19F5N2O2. The van der Waals surface area contributed by atoms with E-state index in [9.17, 15) is 32.0 Å². The van der Waals surface area contributed by atoms with Gasteiger partial charge in [0, 0.05) is 12.1 Å². The van der Waals surface area contributed by atoms with E-state index < -0.39 is 29.6 Å². The molecule has 0 saturated carbocycles. The smallest absolute Gasteiger partial charge is 0.395 e. The first-order chi connectivity index (χ1) is 16.0. The maximum atomic E-state index is 14.4. The summed E-state index contributed by atoms with van der Waals surface area (Å²) in [7, 11) is 1.35. The van der Waals surface area contributed by atoms with Gasteiger partial charge in [0.1, 0.15) is 23.5 Å². The molecule has 0 heterocycles. The first-order valence-electron chi connectivity index (χ1n) is 10.1. The Bertz CT molecular complexity index is 1250. The average molecular weight is 474 g/mol. The Kier molecular flexibility index (Phi) is 7.20. The Hall–Kier alpha value is -3.93. The van der Waals surface area contributed by atoms with Crippen LogP contribution in [0.2, 0.25) is 0 Å². The molecule has 0 aliphatic rings. The van der Waals surface area contributed by atoms with E-state index in [1.165, 1.54) is 25.3 Å². The van der Waals surface area contributed by atoms with Crippen LogP contribution in [0.3, 0.4) is 0 Å². The number of alkyl halides is 3. The summed E-state index contributed by atoms with van der Waals surface area (Å²) in [6, 6.07) is 13.3. The van der Waals surface area contributed by atoms with Crippen LogP contribution >= 0.6 is 0 Å². The topological polar surface area (TPSA) is 62.1 Å². The van der Waals surface area contributed by atoms with Gasteiger partial charge in [-0.15, -0.1) is 0 Å². The predicted molar refractivity (Wildman–Crippen MR) is 115 cm³/mol. The summed E-state index contributed by atoms with van der Waals surface area (Å²) in [6.45, 7) is 0.980. The van der Waals surface area contributed by atoms with E-state index in [0.29, 0.717) is 11.1 Å². The lowest BCUT2D eigenvalue weighted by molar-refractivity contribution is -0.146. The molecule has 1 N–H and O–H groups in total. The summed E-state index contributed by atoms with van der Waals surface area (Å²) in [4.78, 5) is 12.4. The molecule has 0 aliphatic carbocycles. The standard InChI is InChI=1S/C25H19F5N2O2/c1-14(25(28,29)30)17-9-19(21(12-31)22(27)10-17)16-5-3-15(4-6-16)13-32-24(33)20-11-18(26)7-8-23(20)34-2/h3-11,14H,13H2,1-2H3,(H,32,33). The first-order valence-corrected chi connectivity index (χ1v) is 10.1. The SMILES string of the molecule is COc1ccc(F)cc1C(=O)NCc1ccc(-c2cc(C(C)C(F)(F)F)cc(F)c2C#N)cc1. The fourth-order valence-corrected chi connectivity index (χ4v) is 3.35. The summed E-state index contributed by atoms with van der Waals surface area (Å²) in [5, 5.41) is 11.9. The molecule has 1 atom stereocenters. The Morgan fingerprint density at radius 2 is 1.76 bits per heavy atom. The van der Waals surface area contributed by atoms with Gasteiger partial charge in [-0.2, -0.15) is 18.4 Å². The molecule has 176 valence electrons. The Morgan fingerprint density at radius 1 is 1.09 bits per heavy atom. The maximum absolute atomic E-state index is 14.4. The molecule has 0 aromatic heterocycles. The van der Waals surface area contributed by atoms with Crippen LogP contribution < -0.4 is 10.1 Å². The van der Waals surface area contributed by atoms with Crippen LogP contribution in [0, 0.1) is 23.0 Å². The lowest BCUT2D eigenvalue weighted by atomic mass is 9.92. The van der Waals surface area contributed by atoms with Crippen LogP contribution in [0.4, 0.5) is 22.0 Å². The molecule has 0 radical (unpaired) electrons. The van der Waals surface area contributed by atoms with E-state index in [4.69, 9.17) is 4.74 Å². The van der Waals surface area contributed by atoms with Crippen molar-refractivity contribution in [3.63, 3.8) is 0 Å².